The molecule has 3 rings (SSSR count). The molecule has 0 aliphatic carbocycles. The van der Waals surface area contributed by atoms with Gasteiger partial charge in [0.1, 0.15) is 78.3 Å². The van der Waals surface area contributed by atoms with Gasteiger partial charge in [-0.25, -0.2) is 9.78 Å². The predicted molar refractivity (Wildman–Crippen MR) is 397 cm³/mol. The molecule has 1 aromatic heterocycles. The number of likely N-dealkylation sites (tertiary alicyclic amines) is 1. The minimum atomic E-state index is -1.94. The second-order valence-electron chi connectivity index (χ2n) is 28.3. The van der Waals surface area contributed by atoms with Crippen LogP contribution in [0.5, 0.6) is 5.75 Å². The molecule has 2 aromatic rings. The number of nitrogens with two attached hydrogens (primary N) is 3. The fraction of sp³-hybridized carbons (Fsp3) is 0.623. The van der Waals surface area contributed by atoms with E-state index in [1.807, 2.05) is 5.32 Å². The number of aromatic amines is 1. The Balaban J connectivity index is 1.75. The number of amides is 14. The number of phenols is 1. The van der Waals surface area contributed by atoms with Gasteiger partial charge < -0.3 is 137 Å². The van der Waals surface area contributed by atoms with Gasteiger partial charge in [-0.05, 0) is 116 Å². The summed E-state index contributed by atoms with van der Waals surface area (Å²) in [6, 6.07) is -16.8. The number of H-pyrrole nitrogens is 1. The lowest BCUT2D eigenvalue weighted by molar-refractivity contribution is -0.146. The van der Waals surface area contributed by atoms with Gasteiger partial charge in [0.05, 0.1) is 56.4 Å². The summed E-state index contributed by atoms with van der Waals surface area (Å²) in [4.78, 5) is 228. The van der Waals surface area contributed by atoms with Crippen molar-refractivity contribution in [3.05, 3.63) is 48.0 Å². The highest BCUT2D eigenvalue weighted by Crippen LogP contribution is 2.20. The molecule has 113 heavy (non-hydrogen) atoms. The van der Waals surface area contributed by atoms with Crippen molar-refractivity contribution >= 4 is 101 Å². The Kier molecular flexibility index (Phi) is 39.6. The first-order chi connectivity index (χ1) is 52.8. The molecule has 1 aliphatic heterocycles. The molecule has 0 radical (unpaired) electrons. The molecule has 18 atom stereocenters. The quantitative estimate of drug-likeness (QED) is 0.0166. The summed E-state index contributed by atoms with van der Waals surface area (Å²) in [7, 11) is 0. The van der Waals surface area contributed by atoms with E-state index in [4.69, 9.17) is 17.2 Å². The van der Waals surface area contributed by atoms with Crippen LogP contribution in [0.15, 0.2) is 41.8 Å². The first-order valence-electron chi connectivity index (χ1n) is 36.4. The molecule has 0 unspecified atom stereocenters. The van der Waals surface area contributed by atoms with Crippen molar-refractivity contribution in [3.8, 4) is 5.75 Å². The second-order valence-corrected chi connectivity index (χ2v) is 28.3. The maximum Gasteiger partial charge on any atom is 0.328 e. The summed E-state index contributed by atoms with van der Waals surface area (Å²) in [5.41, 5.74) is 17.8. The molecular weight excluding hydrogens is 1490 g/mol. The summed E-state index contributed by atoms with van der Waals surface area (Å²) in [6.45, 7) is 11.3. The normalized spacial score (nSPS) is 17.1. The van der Waals surface area contributed by atoms with E-state index in [0.717, 1.165) is 25.7 Å². The van der Waals surface area contributed by atoms with Gasteiger partial charge in [-0.15, -0.1) is 0 Å². The van der Waals surface area contributed by atoms with Crippen molar-refractivity contribution in [2.75, 3.05) is 26.2 Å². The van der Waals surface area contributed by atoms with Crippen LogP contribution >= 0.6 is 0 Å². The monoisotopic (exact) mass is 1600 g/mol. The molecule has 1 fully saturated rings. The second kappa shape index (κ2) is 46.6. The van der Waals surface area contributed by atoms with Crippen molar-refractivity contribution < 1.29 is 118 Å². The number of carbonyl (C=O) groups excluding carboxylic acids is 14. The van der Waals surface area contributed by atoms with E-state index < -0.39 is 229 Å². The molecule has 1 saturated heterocycles. The van der Waals surface area contributed by atoms with Gasteiger partial charge in [0.25, 0.3) is 0 Å². The Bertz CT molecular complexity index is 3630. The number of aliphatic imine (C=N–C) groups is 1. The molecule has 0 saturated carbocycles. The van der Waals surface area contributed by atoms with Crippen LogP contribution in [0.2, 0.25) is 0 Å². The van der Waals surface area contributed by atoms with E-state index in [0.29, 0.717) is 5.56 Å². The van der Waals surface area contributed by atoms with Crippen molar-refractivity contribution in [3.63, 3.8) is 0 Å². The number of nitrogens with one attached hydrogen (secondary N) is 14. The number of rotatable bonds is 47. The third kappa shape index (κ3) is 32.6. The van der Waals surface area contributed by atoms with Gasteiger partial charge in [0.2, 0.25) is 82.7 Å². The van der Waals surface area contributed by atoms with Gasteiger partial charge in [-0.1, -0.05) is 39.8 Å². The standard InChI is InChI=1S/C69H110N20O24/c1-30(2)21-43(59(103)77-32(5)55(99)81-45(24-39-26-73-29-76-39)60(104)83-44(22-31(3)4)62(106)86-52(35(8)92)65(109)87-53(36(9)93)66(110)88-54(37(10)94)68(112)113)82-61(105)46(25-50(97)98)79-49(96)27-75-58(102)42(13-11-19-74-69(71)72)80-63(107)48-14-12-20-89(48)67(111)47(28-90)84-56(100)33(6)78-64(108)51(34(7)91)85-57(101)41(70)23-38-15-17-40(95)18-16-38/h15-18,26,29-37,41-48,51-54,90-95H,11-14,19-25,27-28,70H2,1-10H3,(H,73,76)(H,75,102)(H,77,103)(H,78,108)(H,79,96)(H,80,107)(H,81,99)(H,82,105)(H,83,104)(H,84,100)(H,85,101)(H,86,106)(H,87,109)(H,88,110)(H,97,98)(H,112,113)(H4,71,72,74)/t32-,33-,34+,35+,36+,37+,41-,42-,43-,44-,45-,46-,47-,48-,51-,52-,53-,54-/m0/s1. The molecule has 44 heteroatoms. The SMILES string of the molecule is CC(C)C[C@H](NC(=O)[C@H](CC(=O)O)NC(=O)CNC(=O)[C@H](CCCN=C(N)N)NC(=O)[C@@H]1CCCN1C(=O)[C@H](CO)NC(=O)[C@H](C)NC(=O)[C@@H](NC(=O)[C@@H](N)Cc1ccc(O)cc1)[C@@H](C)O)C(=O)N[C@@H](C)C(=O)N[C@@H](Cc1cnc[nH]1)C(=O)N[C@@H](CC(C)C)C(=O)N[C@H](C(=O)N[C@H](C(=O)N[C@H](C(=O)O)[C@@H](C)O)[C@@H](C)O)[C@@H](C)O. The number of benzene rings is 1. The molecule has 14 amide bonds. The first-order valence-corrected chi connectivity index (χ1v) is 36.4. The number of hydrogen-bond acceptors (Lipinski definition) is 25. The topological polar surface area (TPSA) is 714 Å². The number of aromatic hydroxyl groups is 1. The molecule has 1 aromatic carbocycles. The number of nitrogens with zero attached hydrogens (tertiary/aromatic N) is 3. The summed E-state index contributed by atoms with van der Waals surface area (Å²) in [5, 5.41) is 111. The zero-order valence-corrected chi connectivity index (χ0v) is 64.4. The number of aromatic nitrogens is 2. The van der Waals surface area contributed by atoms with Gasteiger partial charge in [0.15, 0.2) is 12.0 Å². The fourth-order valence-corrected chi connectivity index (χ4v) is 11.3. The molecule has 2 heterocycles. The number of aliphatic carboxylic acids is 2. The number of aliphatic hydroxyl groups is 5. The molecular formula is C69H110N20O24. The van der Waals surface area contributed by atoms with Crippen LogP contribution in [0.4, 0.5) is 0 Å². The van der Waals surface area contributed by atoms with Crippen molar-refractivity contribution in [1.82, 2.24) is 84.0 Å². The Labute approximate surface area is 650 Å². The van der Waals surface area contributed by atoms with Gasteiger partial charge in [0, 0.05) is 31.4 Å². The van der Waals surface area contributed by atoms with Crippen LogP contribution in [-0.2, 0) is 89.6 Å². The highest BCUT2D eigenvalue weighted by atomic mass is 16.4. The average Bonchev–Trinajstić information content (AvgIpc) is 1.82. The lowest BCUT2D eigenvalue weighted by Crippen LogP contribution is -2.63. The Hall–Kier alpha value is -11.2. The highest BCUT2D eigenvalue weighted by Gasteiger charge is 2.42. The number of carbonyl (C=O) groups is 16. The summed E-state index contributed by atoms with van der Waals surface area (Å²) < 4.78 is 0. The van der Waals surface area contributed by atoms with Gasteiger partial charge in [-0.2, -0.15) is 0 Å². The molecule has 0 spiro atoms. The van der Waals surface area contributed by atoms with Crippen LogP contribution in [0.3, 0.4) is 0 Å². The Morgan fingerprint density at radius 2 is 1.00 bits per heavy atom. The summed E-state index contributed by atoms with van der Waals surface area (Å²) >= 11 is 0. The van der Waals surface area contributed by atoms with Gasteiger partial charge >= 0.3 is 11.9 Å². The number of phenolic OH excluding ortho intramolecular Hbond substituents is 1. The highest BCUT2D eigenvalue weighted by molar-refractivity contribution is 6.01. The summed E-state index contributed by atoms with van der Waals surface area (Å²) in [5.74, 6) is -19.1. The zero-order valence-electron chi connectivity index (χ0n) is 64.4. The van der Waals surface area contributed by atoms with E-state index in [1.165, 1.54) is 57.6 Å². The van der Waals surface area contributed by atoms with Crippen molar-refractivity contribution in [2.24, 2.45) is 34.0 Å². The van der Waals surface area contributed by atoms with Crippen molar-refractivity contribution in [2.45, 2.75) is 236 Å². The Morgan fingerprint density at radius 3 is 1.48 bits per heavy atom. The predicted octanol–water partition coefficient (Wildman–Crippen LogP) is -9.59. The number of guanidine groups is 1. The third-order valence-corrected chi connectivity index (χ3v) is 17.4. The lowest BCUT2D eigenvalue weighted by Gasteiger charge is -2.30. The lowest BCUT2D eigenvalue weighted by atomic mass is 10.0. The maximum atomic E-state index is 14.3. The number of hydrogen-bond donors (Lipinski definition) is 25. The first kappa shape index (κ1) is 96.0. The van der Waals surface area contributed by atoms with E-state index >= 15 is 0 Å². The minimum Gasteiger partial charge on any atom is -0.508 e. The number of aliphatic hydroxyl groups excluding tert-OH is 5. The number of carboxylic acid groups (broad SMARTS) is 2. The number of carboxylic acids is 2. The van der Waals surface area contributed by atoms with Gasteiger partial charge in [-0.3, -0.25) is 76.9 Å². The fourth-order valence-electron chi connectivity index (χ4n) is 11.3. The summed E-state index contributed by atoms with van der Waals surface area (Å²) in [6.07, 6.45) is -5.65. The van der Waals surface area contributed by atoms with E-state index in [-0.39, 0.29) is 87.8 Å². The smallest absolute Gasteiger partial charge is 0.328 e. The molecule has 0 bridgehead atoms. The third-order valence-electron chi connectivity index (χ3n) is 17.4. The van der Waals surface area contributed by atoms with Crippen LogP contribution in [-0.4, -0.2) is 292 Å². The van der Waals surface area contributed by atoms with Crippen LogP contribution in [0, 0.1) is 11.8 Å². The Morgan fingerprint density at radius 1 is 0.540 bits per heavy atom. The minimum absolute atomic E-state index is 0.00575. The molecule has 28 N–H and O–H groups in total. The molecule has 44 nitrogen and oxygen atoms in total. The number of imidazole rings is 1. The van der Waals surface area contributed by atoms with Crippen LogP contribution in [0.1, 0.15) is 125 Å². The van der Waals surface area contributed by atoms with E-state index in [1.54, 1.807) is 27.7 Å². The van der Waals surface area contributed by atoms with E-state index in [2.05, 4.69) is 78.8 Å². The van der Waals surface area contributed by atoms with E-state index in [9.17, 15) is 118 Å². The maximum absolute atomic E-state index is 14.3. The van der Waals surface area contributed by atoms with Crippen molar-refractivity contribution in [1.29, 1.82) is 0 Å². The molecule has 630 valence electrons. The average molecular weight is 1600 g/mol. The van der Waals surface area contributed by atoms with Crippen LogP contribution in [0.25, 0.3) is 0 Å². The zero-order chi connectivity index (χ0) is 85.4. The largest absolute Gasteiger partial charge is 0.508 e. The molecule has 1 aliphatic rings. The van der Waals surface area contributed by atoms with Crippen LogP contribution < -0.4 is 86.3 Å².